The monoisotopic (exact) mass is 303 g/mol. The van der Waals surface area contributed by atoms with E-state index < -0.39 is 29.3 Å². The Morgan fingerprint density at radius 3 is 2.67 bits per heavy atom. The highest BCUT2D eigenvalue weighted by molar-refractivity contribution is 5.89. The van der Waals surface area contributed by atoms with Gasteiger partial charge in [0, 0.05) is 0 Å². The van der Waals surface area contributed by atoms with E-state index in [1.165, 1.54) is 19.2 Å². The van der Waals surface area contributed by atoms with Gasteiger partial charge < -0.3 is 9.84 Å². The summed E-state index contributed by atoms with van der Waals surface area (Å²) in [6, 6.07) is 4.80. The molecule has 0 bridgehead atoms. The minimum absolute atomic E-state index is 0.361. The van der Waals surface area contributed by atoms with Crippen molar-refractivity contribution in [1.29, 1.82) is 0 Å². The highest BCUT2D eigenvalue weighted by Gasteiger charge is 2.32. The van der Waals surface area contributed by atoms with Crippen molar-refractivity contribution < 1.29 is 32.2 Å². The van der Waals surface area contributed by atoms with E-state index in [2.05, 4.69) is 19.5 Å². The number of nitrogens with zero attached hydrogens (tertiary/aromatic N) is 2. The molecule has 1 aromatic heterocycles. The summed E-state index contributed by atoms with van der Waals surface area (Å²) in [6.45, 7) is 0. The molecule has 0 aliphatic heterocycles. The average molecular weight is 303 g/mol. The van der Waals surface area contributed by atoms with E-state index in [4.69, 9.17) is 0 Å². The topological polar surface area (TPSA) is 94.5 Å². The van der Waals surface area contributed by atoms with Gasteiger partial charge in [0.15, 0.2) is 12.8 Å². The molecular weight excluding hydrogens is 295 g/mol. The van der Waals surface area contributed by atoms with E-state index in [-0.39, 0.29) is 5.69 Å². The molecule has 2 aromatic rings. The third-order valence-electron chi connectivity index (χ3n) is 2.32. The Morgan fingerprint density at radius 1 is 1.43 bits per heavy atom. The number of benzene rings is 1. The van der Waals surface area contributed by atoms with Crippen LogP contribution in [-0.4, -0.2) is 17.5 Å². The van der Waals surface area contributed by atoms with E-state index in [0.29, 0.717) is 0 Å². The number of ether oxygens (including phenoxy) is 1. The number of halogens is 3. The third kappa shape index (κ3) is 3.41. The van der Waals surface area contributed by atoms with Gasteiger partial charge >= 0.3 is 17.7 Å². The van der Waals surface area contributed by atoms with E-state index >= 15 is 0 Å². The maximum Gasteiger partial charge on any atom is 0.573 e. The van der Waals surface area contributed by atoms with E-state index in [9.17, 15) is 23.1 Å². The quantitative estimate of drug-likeness (QED) is 0.495. The van der Waals surface area contributed by atoms with Gasteiger partial charge in [-0.2, -0.15) is 0 Å². The lowest BCUT2D eigenvalue weighted by atomic mass is 10.3. The zero-order valence-corrected chi connectivity index (χ0v) is 10.5. The zero-order chi connectivity index (χ0) is 15.6. The van der Waals surface area contributed by atoms with Crippen LogP contribution in [-0.2, 0) is 7.05 Å². The number of H-pyrrole nitrogens is 1. The highest BCUT2D eigenvalue weighted by Crippen LogP contribution is 2.31. The smallest absolute Gasteiger partial charge is 0.573 e. The maximum atomic E-state index is 12.2. The second-order valence-electron chi connectivity index (χ2n) is 3.82. The van der Waals surface area contributed by atoms with Gasteiger partial charge in [-0.1, -0.05) is 16.8 Å². The van der Waals surface area contributed by atoms with Crippen molar-refractivity contribution in [2.24, 2.45) is 12.0 Å². The molecule has 7 nitrogen and oxygen atoms in total. The van der Waals surface area contributed by atoms with Gasteiger partial charge in [-0.15, -0.1) is 13.2 Å². The molecule has 1 heterocycles. The average Bonchev–Trinajstić information content (AvgIpc) is 2.70. The van der Waals surface area contributed by atoms with Gasteiger partial charge in [0.2, 0.25) is 0 Å². The molecule has 1 aromatic carbocycles. The predicted octanol–water partition coefficient (Wildman–Crippen LogP) is 0.130. The van der Waals surface area contributed by atoms with Crippen LogP contribution in [0.2, 0.25) is 0 Å². The van der Waals surface area contributed by atoms with Crippen LogP contribution in [0, 0.1) is 0 Å². The summed E-state index contributed by atoms with van der Waals surface area (Å²) >= 11 is 0. The molecule has 21 heavy (non-hydrogen) atoms. The molecule has 0 radical (unpaired) electrons. The van der Waals surface area contributed by atoms with Gasteiger partial charge in [0.25, 0.3) is 0 Å². The van der Waals surface area contributed by atoms with Crippen molar-refractivity contribution in [1.82, 2.24) is 5.27 Å². The van der Waals surface area contributed by atoms with E-state index in [1.807, 2.05) is 0 Å². The normalized spacial score (nSPS) is 12.5. The highest BCUT2D eigenvalue weighted by atomic mass is 19.4. The number of aromatic amines is 1. The summed E-state index contributed by atoms with van der Waals surface area (Å²) in [7, 11) is 1.31. The minimum Gasteiger partial charge on any atom is -0.854 e. The number of hydrogen-bond acceptors (Lipinski definition) is 5. The van der Waals surface area contributed by atoms with Crippen LogP contribution in [0.5, 0.6) is 5.75 Å². The Balaban J connectivity index is 2.44. The van der Waals surface area contributed by atoms with Crippen LogP contribution >= 0.6 is 0 Å². The van der Waals surface area contributed by atoms with Gasteiger partial charge in [0.1, 0.15) is 5.69 Å². The van der Waals surface area contributed by atoms with E-state index in [0.717, 1.165) is 16.8 Å². The Kier molecular flexibility index (Phi) is 3.70. The summed E-state index contributed by atoms with van der Waals surface area (Å²) in [5.74, 6) is -1.72. The first kappa shape index (κ1) is 14.6. The molecule has 0 aliphatic rings. The van der Waals surface area contributed by atoms with Gasteiger partial charge in [-0.05, 0) is 17.4 Å². The molecule has 0 saturated carbocycles. The molecule has 10 heteroatoms. The van der Waals surface area contributed by atoms with E-state index in [1.54, 1.807) is 0 Å². The molecule has 2 rings (SSSR count). The number of para-hydroxylation sites is 2. The van der Waals surface area contributed by atoms with Crippen molar-refractivity contribution in [3.8, 4) is 5.75 Å². The molecular formula is C11H8F3N3O4. The molecule has 0 spiro atoms. The largest absolute Gasteiger partial charge is 0.854 e. The van der Waals surface area contributed by atoms with Crippen molar-refractivity contribution >= 4 is 11.6 Å². The number of aryl methyl sites for hydroxylation is 1. The lowest BCUT2D eigenvalue weighted by molar-refractivity contribution is -0.742. The van der Waals surface area contributed by atoms with Crippen molar-refractivity contribution in [3.05, 3.63) is 40.4 Å². The maximum absolute atomic E-state index is 12.2. The summed E-state index contributed by atoms with van der Waals surface area (Å²) in [4.78, 5) is 14.7. The molecule has 1 N–H and O–H groups in total. The predicted molar refractivity (Wildman–Crippen MR) is 59.8 cm³/mol. The van der Waals surface area contributed by atoms with Crippen LogP contribution in [0.15, 0.2) is 38.6 Å². The summed E-state index contributed by atoms with van der Waals surface area (Å²) in [5.41, 5.74) is -1.81. The third-order valence-corrected chi connectivity index (χ3v) is 2.32. The number of alkyl halides is 3. The first-order chi connectivity index (χ1) is 9.78. The van der Waals surface area contributed by atoms with Crippen LogP contribution in [0.1, 0.15) is 5.69 Å². The molecule has 0 fully saturated rings. The van der Waals surface area contributed by atoms with Gasteiger partial charge in [-0.25, -0.2) is 4.79 Å². The fourth-order valence-electron chi connectivity index (χ4n) is 1.49. The number of aromatic nitrogens is 2. The Bertz CT molecular complexity index is 733. The molecule has 0 saturated heterocycles. The number of nitrogens with one attached hydrogen (secondary N) is 1. The Morgan fingerprint density at radius 2 is 2.10 bits per heavy atom. The fourth-order valence-corrected chi connectivity index (χ4v) is 1.49. The van der Waals surface area contributed by atoms with Crippen LogP contribution in [0.4, 0.5) is 18.9 Å². The van der Waals surface area contributed by atoms with Crippen LogP contribution in [0.3, 0.4) is 0 Å². The molecule has 0 unspecified atom stereocenters. The second kappa shape index (κ2) is 5.31. The second-order valence-corrected chi connectivity index (χ2v) is 3.82. The Hall–Kier alpha value is -2.78. The van der Waals surface area contributed by atoms with Gasteiger partial charge in [0.05, 0.1) is 5.90 Å². The minimum atomic E-state index is -4.92. The molecule has 0 aliphatic carbocycles. The summed E-state index contributed by atoms with van der Waals surface area (Å²) in [6.07, 6.45) is -4.92. The number of hydrogen-bond donors (Lipinski definition) is 1. The van der Waals surface area contributed by atoms with Crippen LogP contribution < -0.4 is 20.2 Å². The zero-order valence-electron chi connectivity index (χ0n) is 10.5. The van der Waals surface area contributed by atoms with Gasteiger partial charge in [-0.3, -0.25) is 9.52 Å². The summed E-state index contributed by atoms with van der Waals surface area (Å²) < 4.78 is 45.8. The lowest BCUT2D eigenvalue weighted by Crippen LogP contribution is -2.43. The molecule has 112 valence electrons. The molecule has 0 atom stereocenters. The van der Waals surface area contributed by atoms with Crippen molar-refractivity contribution in [2.75, 3.05) is 0 Å². The number of rotatable bonds is 3. The first-order valence-corrected chi connectivity index (χ1v) is 5.46. The van der Waals surface area contributed by atoms with Crippen molar-refractivity contribution in [2.45, 2.75) is 6.36 Å². The van der Waals surface area contributed by atoms with Crippen molar-refractivity contribution in [3.63, 3.8) is 0 Å². The SMILES string of the molecule is C[n+]1[nH]oc(=O)c1C([O-])=Nc1ccccc1OC(F)(F)F. The lowest BCUT2D eigenvalue weighted by Gasteiger charge is -2.11. The Labute approximate surface area is 114 Å². The molecule has 0 amide bonds. The number of aliphatic imine (C=N–C) groups is 1. The standard InChI is InChI=1S/C11H8F3N3O4/c1-17-8(10(19)21-16-17)9(18)15-6-4-2-3-5-7(6)20-11(12,13)14/h2-5H,1H3,(H-,15,16,18,19). The summed E-state index contributed by atoms with van der Waals surface area (Å²) in [5, 5.41) is 13.9. The fraction of sp³-hybridized carbons (Fsp3) is 0.182. The first-order valence-electron chi connectivity index (χ1n) is 5.46. The van der Waals surface area contributed by atoms with Crippen LogP contribution in [0.25, 0.3) is 0 Å².